The first-order valence-electron chi connectivity index (χ1n) is 4.65. The summed E-state index contributed by atoms with van der Waals surface area (Å²) in [7, 11) is 0. The van der Waals surface area contributed by atoms with E-state index in [1.54, 1.807) is 6.20 Å². The monoisotopic (exact) mass is 262 g/mol. The predicted molar refractivity (Wildman–Crippen MR) is 66.5 cm³/mol. The van der Waals surface area contributed by atoms with E-state index in [4.69, 9.17) is 5.73 Å². The van der Waals surface area contributed by atoms with Gasteiger partial charge < -0.3 is 5.73 Å². The molecule has 76 valence electrons. The molecule has 0 saturated heterocycles. The van der Waals surface area contributed by atoms with Crippen LogP contribution in [0.3, 0.4) is 0 Å². The van der Waals surface area contributed by atoms with Crippen LogP contribution in [0.25, 0.3) is 11.3 Å². The largest absolute Gasteiger partial charge is 0.397 e. The number of pyridine rings is 1. The molecule has 0 aliphatic rings. The number of benzene rings is 1. The zero-order valence-electron chi connectivity index (χ0n) is 8.37. The van der Waals surface area contributed by atoms with Gasteiger partial charge in [-0.05, 0) is 28.9 Å². The molecule has 2 rings (SSSR count). The van der Waals surface area contributed by atoms with Crippen LogP contribution < -0.4 is 5.73 Å². The van der Waals surface area contributed by atoms with Crippen molar-refractivity contribution in [3.05, 3.63) is 46.6 Å². The molecule has 0 amide bonds. The molecule has 2 aromatic rings. The average Bonchev–Trinajstić information content (AvgIpc) is 2.23. The molecule has 0 saturated carbocycles. The molecule has 1 aromatic carbocycles. The first-order valence-corrected chi connectivity index (χ1v) is 5.44. The molecule has 0 radical (unpaired) electrons. The van der Waals surface area contributed by atoms with Crippen LogP contribution in [0.5, 0.6) is 0 Å². The first kappa shape index (κ1) is 10.2. The minimum Gasteiger partial charge on any atom is -0.397 e. The van der Waals surface area contributed by atoms with Crippen molar-refractivity contribution in [1.82, 2.24) is 4.98 Å². The average molecular weight is 263 g/mol. The number of nitrogens with two attached hydrogens (primary N) is 1. The molecular formula is C12H11BrN2. The molecule has 1 heterocycles. The fourth-order valence-electron chi connectivity index (χ4n) is 1.32. The number of halogens is 1. The van der Waals surface area contributed by atoms with Gasteiger partial charge in [-0.25, -0.2) is 0 Å². The number of nitrogen functional groups attached to an aromatic ring is 1. The van der Waals surface area contributed by atoms with Crippen molar-refractivity contribution >= 4 is 21.6 Å². The summed E-state index contributed by atoms with van der Waals surface area (Å²) in [6.45, 7) is 2.07. The van der Waals surface area contributed by atoms with Gasteiger partial charge in [-0.1, -0.05) is 29.8 Å². The Morgan fingerprint density at radius 3 is 2.47 bits per heavy atom. The standard InChI is InChI=1S/C12H11BrN2/c1-8-2-4-9(5-3-8)12-6-10(13)11(14)7-15-12/h2-7H,14H2,1H3. The Kier molecular flexibility index (Phi) is 2.73. The summed E-state index contributed by atoms with van der Waals surface area (Å²) in [6.07, 6.45) is 1.67. The highest BCUT2D eigenvalue weighted by Crippen LogP contribution is 2.24. The highest BCUT2D eigenvalue weighted by molar-refractivity contribution is 9.10. The molecule has 0 aliphatic heterocycles. The van der Waals surface area contributed by atoms with Crippen molar-refractivity contribution in [3.63, 3.8) is 0 Å². The van der Waals surface area contributed by atoms with Crippen molar-refractivity contribution in [2.45, 2.75) is 6.92 Å². The maximum atomic E-state index is 5.68. The third-order valence-corrected chi connectivity index (χ3v) is 2.92. The molecule has 2 nitrogen and oxygen atoms in total. The summed E-state index contributed by atoms with van der Waals surface area (Å²) in [5, 5.41) is 0. The summed E-state index contributed by atoms with van der Waals surface area (Å²) < 4.78 is 0.882. The molecule has 0 bridgehead atoms. The Hall–Kier alpha value is -1.35. The van der Waals surface area contributed by atoms with Crippen molar-refractivity contribution < 1.29 is 0 Å². The second kappa shape index (κ2) is 4.03. The van der Waals surface area contributed by atoms with Crippen LogP contribution >= 0.6 is 15.9 Å². The van der Waals surface area contributed by atoms with Crippen molar-refractivity contribution in [2.24, 2.45) is 0 Å². The van der Waals surface area contributed by atoms with Crippen molar-refractivity contribution in [2.75, 3.05) is 5.73 Å². The minimum atomic E-state index is 0.658. The predicted octanol–water partition coefficient (Wildman–Crippen LogP) is 3.40. The summed E-state index contributed by atoms with van der Waals surface area (Å²) in [6, 6.07) is 10.2. The minimum absolute atomic E-state index is 0.658. The van der Waals surface area contributed by atoms with Crippen LogP contribution in [0.4, 0.5) is 5.69 Å². The lowest BCUT2D eigenvalue weighted by molar-refractivity contribution is 1.31. The van der Waals surface area contributed by atoms with E-state index in [0.717, 1.165) is 15.7 Å². The van der Waals surface area contributed by atoms with E-state index in [-0.39, 0.29) is 0 Å². The third-order valence-electron chi connectivity index (χ3n) is 2.23. The summed E-state index contributed by atoms with van der Waals surface area (Å²) in [5.74, 6) is 0. The maximum Gasteiger partial charge on any atom is 0.0714 e. The van der Waals surface area contributed by atoms with E-state index in [9.17, 15) is 0 Å². The van der Waals surface area contributed by atoms with E-state index < -0.39 is 0 Å². The van der Waals surface area contributed by atoms with E-state index in [1.807, 2.05) is 6.07 Å². The maximum absolute atomic E-state index is 5.68. The van der Waals surface area contributed by atoms with Gasteiger partial charge >= 0.3 is 0 Å². The normalized spacial score (nSPS) is 10.3. The Morgan fingerprint density at radius 2 is 1.87 bits per heavy atom. The van der Waals surface area contributed by atoms with Crippen LogP contribution in [-0.4, -0.2) is 4.98 Å². The summed E-state index contributed by atoms with van der Waals surface area (Å²) in [4.78, 5) is 4.28. The molecule has 1 aromatic heterocycles. The molecule has 0 aliphatic carbocycles. The Labute approximate surface area is 97.3 Å². The van der Waals surface area contributed by atoms with Crippen LogP contribution in [0.1, 0.15) is 5.56 Å². The van der Waals surface area contributed by atoms with Gasteiger partial charge in [0.1, 0.15) is 0 Å². The quantitative estimate of drug-likeness (QED) is 0.856. The van der Waals surface area contributed by atoms with Gasteiger partial charge in [0, 0.05) is 10.0 Å². The molecule has 0 unspecified atom stereocenters. The topological polar surface area (TPSA) is 38.9 Å². The zero-order chi connectivity index (χ0) is 10.8. The zero-order valence-corrected chi connectivity index (χ0v) is 9.95. The van der Waals surface area contributed by atoms with Gasteiger partial charge in [0.05, 0.1) is 17.6 Å². The van der Waals surface area contributed by atoms with E-state index in [2.05, 4.69) is 52.1 Å². The van der Waals surface area contributed by atoms with Gasteiger partial charge in [-0.2, -0.15) is 0 Å². The first-order chi connectivity index (χ1) is 7.16. The number of aromatic nitrogens is 1. The fourth-order valence-corrected chi connectivity index (χ4v) is 1.64. The van der Waals surface area contributed by atoms with Crippen molar-refractivity contribution in [1.29, 1.82) is 0 Å². The third kappa shape index (κ3) is 2.18. The number of hydrogen-bond acceptors (Lipinski definition) is 2. The highest BCUT2D eigenvalue weighted by atomic mass is 79.9. The molecule has 0 fully saturated rings. The Bertz CT molecular complexity index is 477. The number of nitrogens with zero attached hydrogens (tertiary/aromatic N) is 1. The van der Waals surface area contributed by atoms with Gasteiger partial charge in [0.2, 0.25) is 0 Å². The lowest BCUT2D eigenvalue weighted by Crippen LogP contribution is -1.90. The lowest BCUT2D eigenvalue weighted by Gasteiger charge is -2.03. The summed E-state index contributed by atoms with van der Waals surface area (Å²) >= 11 is 3.39. The van der Waals surface area contributed by atoms with Crippen LogP contribution in [0, 0.1) is 6.92 Å². The molecule has 15 heavy (non-hydrogen) atoms. The number of hydrogen-bond donors (Lipinski definition) is 1. The Morgan fingerprint density at radius 1 is 1.20 bits per heavy atom. The van der Waals surface area contributed by atoms with Gasteiger partial charge in [-0.15, -0.1) is 0 Å². The molecule has 0 atom stereocenters. The van der Waals surface area contributed by atoms with Crippen LogP contribution in [0.2, 0.25) is 0 Å². The van der Waals surface area contributed by atoms with E-state index >= 15 is 0 Å². The Balaban J connectivity index is 2.45. The number of aryl methyl sites for hydroxylation is 1. The van der Waals surface area contributed by atoms with Crippen LogP contribution in [-0.2, 0) is 0 Å². The molecule has 2 N–H and O–H groups in total. The van der Waals surface area contributed by atoms with Gasteiger partial charge in [-0.3, -0.25) is 4.98 Å². The van der Waals surface area contributed by atoms with Crippen LogP contribution in [0.15, 0.2) is 41.0 Å². The number of rotatable bonds is 1. The smallest absolute Gasteiger partial charge is 0.0714 e. The fraction of sp³-hybridized carbons (Fsp3) is 0.0833. The van der Waals surface area contributed by atoms with Gasteiger partial charge in [0.15, 0.2) is 0 Å². The van der Waals surface area contributed by atoms with E-state index in [1.165, 1.54) is 5.56 Å². The molecule has 3 heteroatoms. The second-order valence-corrected chi connectivity index (χ2v) is 4.31. The van der Waals surface area contributed by atoms with Gasteiger partial charge in [0.25, 0.3) is 0 Å². The van der Waals surface area contributed by atoms with Crippen molar-refractivity contribution in [3.8, 4) is 11.3 Å². The highest BCUT2D eigenvalue weighted by Gasteiger charge is 2.01. The summed E-state index contributed by atoms with van der Waals surface area (Å²) in [5.41, 5.74) is 9.61. The van der Waals surface area contributed by atoms with E-state index in [0.29, 0.717) is 5.69 Å². The lowest BCUT2D eigenvalue weighted by atomic mass is 10.1. The SMILES string of the molecule is Cc1ccc(-c2cc(Br)c(N)cn2)cc1. The molecular weight excluding hydrogens is 252 g/mol. The second-order valence-electron chi connectivity index (χ2n) is 3.46. The number of anilines is 1. The molecule has 0 spiro atoms.